The number of piperazine rings is 1. The summed E-state index contributed by atoms with van der Waals surface area (Å²) in [5.74, 6) is 0. The van der Waals surface area contributed by atoms with Crippen LogP contribution in [0.3, 0.4) is 0 Å². The lowest BCUT2D eigenvalue weighted by atomic mass is 10.3. The molecule has 1 aromatic carbocycles. The Morgan fingerprint density at radius 3 is 2.68 bits per heavy atom. The maximum atomic E-state index is 11.5. The average Bonchev–Trinajstić information content (AvgIpc) is 2.43. The Kier molecular flexibility index (Phi) is 5.44. The lowest BCUT2D eigenvalue weighted by Gasteiger charge is -2.26. The van der Waals surface area contributed by atoms with Crippen LogP contribution in [0.1, 0.15) is 0 Å². The quantitative estimate of drug-likeness (QED) is 0.885. The van der Waals surface area contributed by atoms with Gasteiger partial charge in [-0.2, -0.15) is 0 Å². The fourth-order valence-corrected chi connectivity index (χ4v) is 2.02. The number of carbonyl (C=O) groups excluding carboxylic acids is 1. The van der Waals surface area contributed by atoms with E-state index in [4.69, 9.17) is 16.3 Å². The van der Waals surface area contributed by atoms with Crippen LogP contribution in [0.5, 0.6) is 0 Å². The molecule has 0 aromatic heterocycles. The molecule has 6 heteroatoms. The minimum absolute atomic E-state index is 0.402. The molecule has 0 atom stereocenters. The van der Waals surface area contributed by atoms with Gasteiger partial charge in [0.1, 0.15) is 6.61 Å². The molecule has 0 unspecified atom stereocenters. The van der Waals surface area contributed by atoms with E-state index in [1.165, 1.54) is 0 Å². The number of benzene rings is 1. The van der Waals surface area contributed by atoms with E-state index < -0.39 is 6.09 Å². The van der Waals surface area contributed by atoms with Crippen LogP contribution in [0.2, 0.25) is 5.02 Å². The normalized spacial score (nSPS) is 16.1. The smallest absolute Gasteiger partial charge is 0.411 e. The van der Waals surface area contributed by atoms with Crippen molar-refractivity contribution in [3.63, 3.8) is 0 Å². The summed E-state index contributed by atoms with van der Waals surface area (Å²) >= 11 is 5.76. The maximum absolute atomic E-state index is 11.5. The van der Waals surface area contributed by atoms with Gasteiger partial charge in [0, 0.05) is 43.4 Å². The van der Waals surface area contributed by atoms with Crippen molar-refractivity contribution in [1.29, 1.82) is 0 Å². The van der Waals surface area contributed by atoms with Gasteiger partial charge in [0.25, 0.3) is 0 Å². The zero-order chi connectivity index (χ0) is 13.5. The minimum Gasteiger partial charge on any atom is -0.448 e. The molecule has 0 aliphatic carbocycles. The van der Waals surface area contributed by atoms with Crippen molar-refractivity contribution < 1.29 is 9.53 Å². The molecule has 1 fully saturated rings. The van der Waals surface area contributed by atoms with Gasteiger partial charge in [-0.3, -0.25) is 10.2 Å². The topological polar surface area (TPSA) is 53.6 Å². The molecular formula is C13H18ClN3O2. The molecule has 1 aromatic rings. The second-order valence-corrected chi connectivity index (χ2v) is 4.80. The Labute approximate surface area is 117 Å². The van der Waals surface area contributed by atoms with Crippen molar-refractivity contribution in [1.82, 2.24) is 10.2 Å². The predicted octanol–water partition coefficient (Wildman–Crippen LogP) is 1.79. The number of anilines is 1. The molecule has 1 aliphatic rings. The van der Waals surface area contributed by atoms with E-state index in [0.717, 1.165) is 32.7 Å². The van der Waals surface area contributed by atoms with Gasteiger partial charge in [0.05, 0.1) is 0 Å². The molecular weight excluding hydrogens is 266 g/mol. The molecule has 1 saturated heterocycles. The number of carbonyl (C=O) groups is 1. The Hall–Kier alpha value is -1.30. The summed E-state index contributed by atoms with van der Waals surface area (Å²) in [6, 6.07) is 6.91. The van der Waals surface area contributed by atoms with Gasteiger partial charge in [0.15, 0.2) is 0 Å². The van der Waals surface area contributed by atoms with E-state index in [1.54, 1.807) is 24.3 Å². The molecule has 1 aliphatic heterocycles. The summed E-state index contributed by atoms with van der Waals surface area (Å²) in [4.78, 5) is 13.8. The number of amides is 1. The van der Waals surface area contributed by atoms with Crippen molar-refractivity contribution in [3.8, 4) is 0 Å². The maximum Gasteiger partial charge on any atom is 0.411 e. The van der Waals surface area contributed by atoms with Crippen molar-refractivity contribution in [3.05, 3.63) is 29.3 Å². The average molecular weight is 284 g/mol. The Morgan fingerprint density at radius 1 is 1.32 bits per heavy atom. The van der Waals surface area contributed by atoms with Crippen molar-refractivity contribution in [2.75, 3.05) is 44.6 Å². The van der Waals surface area contributed by atoms with Crippen LogP contribution in [-0.2, 0) is 4.74 Å². The molecule has 19 heavy (non-hydrogen) atoms. The summed E-state index contributed by atoms with van der Waals surface area (Å²) in [7, 11) is 0. The van der Waals surface area contributed by atoms with E-state index >= 15 is 0 Å². The first-order valence-corrected chi connectivity index (χ1v) is 6.74. The van der Waals surface area contributed by atoms with Gasteiger partial charge in [-0.05, 0) is 24.3 Å². The Bertz CT molecular complexity index is 405. The largest absolute Gasteiger partial charge is 0.448 e. The third-order valence-electron chi connectivity index (χ3n) is 2.94. The summed E-state index contributed by atoms with van der Waals surface area (Å²) < 4.78 is 5.13. The van der Waals surface area contributed by atoms with Gasteiger partial charge in [-0.1, -0.05) is 11.6 Å². The SMILES string of the molecule is O=C(Nc1ccc(Cl)cc1)OCCN1CCNCC1. The van der Waals surface area contributed by atoms with Gasteiger partial charge in [-0.15, -0.1) is 0 Å². The molecule has 1 heterocycles. The summed E-state index contributed by atoms with van der Waals surface area (Å²) in [5, 5.41) is 6.57. The van der Waals surface area contributed by atoms with E-state index in [1.807, 2.05) is 0 Å². The van der Waals surface area contributed by atoms with Crippen LogP contribution < -0.4 is 10.6 Å². The van der Waals surface area contributed by atoms with Crippen LogP contribution >= 0.6 is 11.6 Å². The third kappa shape index (κ3) is 5.06. The summed E-state index contributed by atoms with van der Waals surface area (Å²) in [6.45, 7) is 5.17. The Morgan fingerprint density at radius 2 is 2.00 bits per heavy atom. The Balaban J connectivity index is 1.65. The van der Waals surface area contributed by atoms with Crippen molar-refractivity contribution in [2.24, 2.45) is 0 Å². The molecule has 104 valence electrons. The van der Waals surface area contributed by atoms with Crippen LogP contribution in [0.4, 0.5) is 10.5 Å². The number of hydrogen-bond acceptors (Lipinski definition) is 4. The molecule has 0 saturated carbocycles. The van der Waals surface area contributed by atoms with Gasteiger partial charge in [0.2, 0.25) is 0 Å². The van der Waals surface area contributed by atoms with Gasteiger partial charge >= 0.3 is 6.09 Å². The first-order valence-electron chi connectivity index (χ1n) is 6.36. The molecule has 2 rings (SSSR count). The van der Waals surface area contributed by atoms with Crippen molar-refractivity contribution >= 4 is 23.4 Å². The zero-order valence-electron chi connectivity index (χ0n) is 10.7. The summed E-state index contributed by atoms with van der Waals surface area (Å²) in [6.07, 6.45) is -0.433. The third-order valence-corrected chi connectivity index (χ3v) is 3.19. The number of nitrogens with one attached hydrogen (secondary N) is 2. The highest BCUT2D eigenvalue weighted by Gasteiger charge is 2.10. The molecule has 0 spiro atoms. The number of ether oxygens (including phenoxy) is 1. The van der Waals surface area contributed by atoms with Crippen LogP contribution in [0, 0.1) is 0 Å². The monoisotopic (exact) mass is 283 g/mol. The van der Waals surface area contributed by atoms with Crippen molar-refractivity contribution in [2.45, 2.75) is 0 Å². The van der Waals surface area contributed by atoms with E-state index in [9.17, 15) is 4.79 Å². The first kappa shape index (κ1) is 14.1. The van der Waals surface area contributed by atoms with Gasteiger partial charge < -0.3 is 10.1 Å². The van der Waals surface area contributed by atoms with Crippen LogP contribution in [0.25, 0.3) is 0 Å². The predicted molar refractivity (Wildman–Crippen MR) is 75.7 cm³/mol. The molecule has 0 radical (unpaired) electrons. The van der Waals surface area contributed by atoms with E-state index in [0.29, 0.717) is 17.3 Å². The first-order chi connectivity index (χ1) is 9.24. The second kappa shape index (κ2) is 7.33. The standard InChI is InChI=1S/C13H18ClN3O2/c14-11-1-3-12(4-2-11)16-13(18)19-10-9-17-7-5-15-6-8-17/h1-4,15H,5-10H2,(H,16,18). The zero-order valence-corrected chi connectivity index (χ0v) is 11.4. The lowest BCUT2D eigenvalue weighted by molar-refractivity contribution is 0.134. The molecule has 0 bridgehead atoms. The highest BCUT2D eigenvalue weighted by molar-refractivity contribution is 6.30. The van der Waals surface area contributed by atoms with E-state index in [-0.39, 0.29) is 0 Å². The number of rotatable bonds is 4. The molecule has 1 amide bonds. The fourth-order valence-electron chi connectivity index (χ4n) is 1.89. The van der Waals surface area contributed by atoms with Crippen LogP contribution in [0.15, 0.2) is 24.3 Å². The molecule has 5 nitrogen and oxygen atoms in total. The number of nitrogens with zero attached hydrogens (tertiary/aromatic N) is 1. The van der Waals surface area contributed by atoms with Gasteiger partial charge in [-0.25, -0.2) is 4.79 Å². The second-order valence-electron chi connectivity index (χ2n) is 4.36. The highest BCUT2D eigenvalue weighted by Crippen LogP contribution is 2.13. The summed E-state index contributed by atoms with van der Waals surface area (Å²) in [5.41, 5.74) is 0.677. The molecule has 2 N–H and O–H groups in total. The fraction of sp³-hybridized carbons (Fsp3) is 0.462. The lowest BCUT2D eigenvalue weighted by Crippen LogP contribution is -2.44. The highest BCUT2D eigenvalue weighted by atomic mass is 35.5. The minimum atomic E-state index is -0.433. The number of hydrogen-bond donors (Lipinski definition) is 2. The van der Waals surface area contributed by atoms with E-state index in [2.05, 4.69) is 15.5 Å². The van der Waals surface area contributed by atoms with Crippen LogP contribution in [-0.4, -0.2) is 50.3 Å². The number of halogens is 1.